The second kappa shape index (κ2) is 6.92. The Morgan fingerprint density at radius 3 is 2.62 bits per heavy atom. The first-order valence-electron chi connectivity index (χ1n) is 2.79. The molecule has 0 fully saturated rings. The highest BCUT2D eigenvalue weighted by Crippen LogP contribution is 1.60. The fourth-order valence-electron chi connectivity index (χ4n) is 0.373. The van der Waals surface area contributed by atoms with Gasteiger partial charge >= 0.3 is 0 Å². The van der Waals surface area contributed by atoms with Crippen LogP contribution in [0.3, 0.4) is 0 Å². The van der Waals surface area contributed by atoms with Gasteiger partial charge < -0.3 is 5.32 Å². The number of nitrogens with zero attached hydrogens (tertiary/aromatic N) is 1. The van der Waals surface area contributed by atoms with Crippen LogP contribution >= 0.6 is 11.6 Å². The van der Waals surface area contributed by atoms with Crippen molar-refractivity contribution in [1.29, 1.82) is 0 Å². The van der Waals surface area contributed by atoms with E-state index in [2.05, 4.69) is 10.3 Å². The van der Waals surface area contributed by atoms with Crippen molar-refractivity contribution in [2.24, 2.45) is 4.99 Å². The molecule has 0 aromatic carbocycles. The van der Waals surface area contributed by atoms with Gasteiger partial charge in [0, 0.05) is 5.88 Å². The van der Waals surface area contributed by atoms with E-state index in [0.717, 1.165) is 19.0 Å². The predicted octanol–water partition coefficient (Wildman–Crippen LogP) is -0.163. The summed E-state index contributed by atoms with van der Waals surface area (Å²) in [6.45, 7) is 4.06. The normalized spacial score (nSPS) is 15.2. The molecule has 1 aliphatic heterocycles. The zero-order valence-electron chi connectivity index (χ0n) is 5.10. The number of rotatable bonds is 0. The standard InChI is InChI=1S/C3H6N2.C2H5Cl/c1-2-5-3-4-1;1-2-3/h3H,1-2H2,(H,4,5);2H2,1H3/p+1. The number of nitrogens with two attached hydrogens (primary N) is 1. The summed E-state index contributed by atoms with van der Waals surface area (Å²) in [5, 5.41) is 2.07. The molecule has 48 valence electrons. The van der Waals surface area contributed by atoms with Gasteiger partial charge in [0.1, 0.15) is 6.54 Å². The van der Waals surface area contributed by atoms with Gasteiger partial charge in [-0.1, -0.05) is 6.92 Å². The molecule has 0 aliphatic carbocycles. The van der Waals surface area contributed by atoms with Gasteiger partial charge in [0.05, 0.1) is 6.54 Å². The average Bonchev–Trinajstić information content (AvgIpc) is 2.17. The number of quaternary nitrogens is 1. The monoisotopic (exact) mass is 135 g/mol. The lowest BCUT2D eigenvalue weighted by Gasteiger charge is -1.68. The highest BCUT2D eigenvalue weighted by Gasteiger charge is 1.88. The maximum atomic E-state index is 5.00. The molecule has 2 N–H and O–H groups in total. The van der Waals surface area contributed by atoms with E-state index in [9.17, 15) is 0 Å². The molecule has 8 heavy (non-hydrogen) atoms. The molecule has 2 nitrogen and oxygen atoms in total. The van der Waals surface area contributed by atoms with Gasteiger partial charge in [-0.3, -0.25) is 0 Å². The largest absolute Gasteiger partial charge is 0.303 e. The van der Waals surface area contributed by atoms with Gasteiger partial charge in [0.15, 0.2) is 6.34 Å². The van der Waals surface area contributed by atoms with Crippen molar-refractivity contribution in [3.63, 3.8) is 0 Å². The lowest BCUT2D eigenvalue weighted by Crippen LogP contribution is -2.80. The van der Waals surface area contributed by atoms with E-state index in [1.807, 2.05) is 13.3 Å². The first-order valence-corrected chi connectivity index (χ1v) is 3.32. The molecule has 0 bridgehead atoms. The second-order valence-corrected chi connectivity index (χ2v) is 1.88. The Morgan fingerprint density at radius 1 is 1.88 bits per heavy atom. The third-order valence-corrected chi connectivity index (χ3v) is 0.636. The Morgan fingerprint density at radius 2 is 2.50 bits per heavy atom. The summed E-state index contributed by atoms with van der Waals surface area (Å²) in [4.78, 5) is 3.90. The van der Waals surface area contributed by atoms with Crippen molar-refractivity contribution in [2.45, 2.75) is 6.92 Å². The summed E-state index contributed by atoms with van der Waals surface area (Å²) >= 11 is 5.00. The van der Waals surface area contributed by atoms with Crippen molar-refractivity contribution in [3.8, 4) is 0 Å². The Hall–Kier alpha value is -0.0800. The van der Waals surface area contributed by atoms with Crippen molar-refractivity contribution < 1.29 is 5.32 Å². The fraction of sp³-hybridized carbons (Fsp3) is 0.800. The minimum atomic E-state index is 0.722. The summed E-state index contributed by atoms with van der Waals surface area (Å²) in [6.07, 6.45) is 1.86. The topological polar surface area (TPSA) is 29.0 Å². The Bertz CT molecular complexity index is 57.4. The van der Waals surface area contributed by atoms with Crippen molar-refractivity contribution in [2.75, 3.05) is 19.0 Å². The smallest absolute Gasteiger partial charge is 0.182 e. The summed E-state index contributed by atoms with van der Waals surface area (Å²) in [5.41, 5.74) is 0. The third kappa shape index (κ3) is 5.92. The Labute approximate surface area is 54.9 Å². The number of halogens is 1. The molecule has 1 aliphatic rings. The van der Waals surface area contributed by atoms with Gasteiger partial charge in [-0.15, -0.1) is 11.6 Å². The lowest BCUT2D eigenvalue weighted by molar-refractivity contribution is -0.518. The maximum Gasteiger partial charge on any atom is 0.182 e. The number of hydrogen-bond acceptors (Lipinski definition) is 1. The first-order chi connectivity index (χ1) is 3.91. The zero-order valence-corrected chi connectivity index (χ0v) is 5.86. The van der Waals surface area contributed by atoms with Gasteiger partial charge in [-0.05, 0) is 0 Å². The van der Waals surface area contributed by atoms with Gasteiger partial charge in [0.2, 0.25) is 0 Å². The second-order valence-electron chi connectivity index (χ2n) is 1.35. The number of hydrogen-bond donors (Lipinski definition) is 1. The van der Waals surface area contributed by atoms with Crippen LogP contribution in [0.1, 0.15) is 6.92 Å². The summed E-state index contributed by atoms with van der Waals surface area (Å²) in [7, 11) is 0. The summed E-state index contributed by atoms with van der Waals surface area (Å²) in [5.74, 6) is 0.722. The quantitative estimate of drug-likeness (QED) is 0.448. The molecule has 0 atom stereocenters. The molecule has 3 heteroatoms. The molecule has 0 saturated heterocycles. The molecule has 0 spiro atoms. The van der Waals surface area contributed by atoms with Gasteiger partial charge in [-0.25, -0.2) is 4.99 Å². The molecule has 0 radical (unpaired) electrons. The lowest BCUT2D eigenvalue weighted by atomic mass is 10.7. The van der Waals surface area contributed by atoms with E-state index >= 15 is 0 Å². The van der Waals surface area contributed by atoms with E-state index in [0.29, 0.717) is 0 Å². The van der Waals surface area contributed by atoms with Crippen molar-refractivity contribution in [1.82, 2.24) is 0 Å². The molecule has 0 aromatic heterocycles. The van der Waals surface area contributed by atoms with Crippen LogP contribution in [-0.4, -0.2) is 25.3 Å². The SMILES string of the molecule is C1=NCC[NH2+]1.CCCl. The van der Waals surface area contributed by atoms with Gasteiger partial charge in [0.25, 0.3) is 0 Å². The van der Waals surface area contributed by atoms with E-state index in [1.165, 1.54) is 0 Å². The van der Waals surface area contributed by atoms with Crippen LogP contribution in [0.25, 0.3) is 0 Å². The molecular weight excluding hydrogens is 124 g/mol. The van der Waals surface area contributed by atoms with Gasteiger partial charge in [-0.2, -0.15) is 0 Å². The Balaban J connectivity index is 0.000000145. The summed E-state index contributed by atoms with van der Waals surface area (Å²) < 4.78 is 0. The third-order valence-electron chi connectivity index (χ3n) is 0.636. The number of aliphatic imine (C=N–C) groups is 1. The zero-order chi connectivity index (χ0) is 6.24. The minimum Gasteiger partial charge on any atom is -0.303 e. The van der Waals surface area contributed by atoms with E-state index < -0.39 is 0 Å². The van der Waals surface area contributed by atoms with Crippen LogP contribution in [0.2, 0.25) is 0 Å². The van der Waals surface area contributed by atoms with Crippen LogP contribution in [-0.2, 0) is 0 Å². The maximum absolute atomic E-state index is 5.00. The highest BCUT2D eigenvalue weighted by atomic mass is 35.5. The molecule has 1 rings (SSSR count). The molecule has 0 unspecified atom stereocenters. The minimum absolute atomic E-state index is 0.722. The highest BCUT2D eigenvalue weighted by molar-refractivity contribution is 6.17. The fourth-order valence-corrected chi connectivity index (χ4v) is 0.373. The molecular formula is C5H12ClN2+. The first kappa shape index (κ1) is 7.92. The van der Waals surface area contributed by atoms with Crippen LogP contribution in [0.4, 0.5) is 0 Å². The van der Waals surface area contributed by atoms with Crippen molar-refractivity contribution in [3.05, 3.63) is 0 Å². The van der Waals surface area contributed by atoms with Crippen LogP contribution in [0.5, 0.6) is 0 Å². The molecule has 0 aromatic rings. The Kier molecular flexibility index (Phi) is 6.85. The molecule has 0 saturated carbocycles. The molecule has 1 heterocycles. The van der Waals surface area contributed by atoms with E-state index in [-0.39, 0.29) is 0 Å². The van der Waals surface area contributed by atoms with E-state index in [1.54, 1.807) is 0 Å². The van der Waals surface area contributed by atoms with Crippen LogP contribution < -0.4 is 5.32 Å². The average molecular weight is 136 g/mol. The summed E-state index contributed by atoms with van der Waals surface area (Å²) in [6, 6.07) is 0. The molecule has 0 amide bonds. The predicted molar refractivity (Wildman–Crippen MR) is 36.5 cm³/mol. The van der Waals surface area contributed by atoms with E-state index in [4.69, 9.17) is 11.6 Å². The van der Waals surface area contributed by atoms with Crippen LogP contribution in [0, 0.1) is 0 Å². The number of alkyl halides is 1. The van der Waals surface area contributed by atoms with Crippen molar-refractivity contribution >= 4 is 17.9 Å². The van der Waals surface area contributed by atoms with Crippen LogP contribution in [0.15, 0.2) is 4.99 Å².